The van der Waals surface area contributed by atoms with Gasteiger partial charge >= 0.3 is 0 Å². The molecular weight excluding hydrogens is 166 g/mol. The zero-order valence-corrected chi connectivity index (χ0v) is 8.78. The van der Waals surface area contributed by atoms with Crippen LogP contribution in [-0.4, -0.2) is 36.5 Å². The van der Waals surface area contributed by atoms with Crippen molar-refractivity contribution in [2.75, 3.05) is 31.6 Å². The predicted octanol–water partition coefficient (Wildman–Crippen LogP) is 2.08. The van der Waals surface area contributed by atoms with Gasteiger partial charge in [-0.2, -0.15) is 11.8 Å². The minimum atomic E-state index is 0.987. The van der Waals surface area contributed by atoms with Gasteiger partial charge in [-0.25, -0.2) is 0 Å². The Hall–Kier alpha value is 0.310. The molecule has 70 valence electrons. The van der Waals surface area contributed by atoms with Crippen LogP contribution in [0, 0.1) is 11.8 Å². The second-order valence-electron chi connectivity index (χ2n) is 4.42. The van der Waals surface area contributed by atoms with Gasteiger partial charge in [-0.3, -0.25) is 0 Å². The highest BCUT2D eigenvalue weighted by molar-refractivity contribution is 7.99. The highest BCUT2D eigenvalue weighted by Crippen LogP contribution is 2.28. The van der Waals surface area contributed by atoms with Crippen molar-refractivity contribution in [3.8, 4) is 0 Å². The van der Waals surface area contributed by atoms with Gasteiger partial charge in [0, 0.05) is 13.1 Å². The first-order valence-corrected chi connectivity index (χ1v) is 6.26. The molecule has 0 aliphatic carbocycles. The van der Waals surface area contributed by atoms with E-state index >= 15 is 0 Å². The fourth-order valence-corrected chi connectivity index (χ4v) is 3.85. The van der Waals surface area contributed by atoms with Crippen LogP contribution in [0.3, 0.4) is 0 Å². The summed E-state index contributed by atoms with van der Waals surface area (Å²) in [5, 5.41) is 0. The maximum absolute atomic E-state index is 2.55. The summed E-state index contributed by atoms with van der Waals surface area (Å²) >= 11 is 2.20. The third-order valence-electron chi connectivity index (χ3n) is 3.07. The summed E-state index contributed by atoms with van der Waals surface area (Å²) in [6, 6.07) is 0. The Labute approximate surface area is 79.9 Å². The van der Waals surface area contributed by atoms with Gasteiger partial charge in [0.25, 0.3) is 0 Å². The number of nitrogens with zero attached hydrogens (tertiary/aromatic N) is 1. The molecule has 0 N–H and O–H groups in total. The first kappa shape index (κ1) is 8.89. The van der Waals surface area contributed by atoms with Gasteiger partial charge < -0.3 is 4.90 Å². The van der Waals surface area contributed by atoms with E-state index in [9.17, 15) is 0 Å². The monoisotopic (exact) mass is 185 g/mol. The van der Waals surface area contributed by atoms with Crippen LogP contribution in [0.2, 0.25) is 0 Å². The van der Waals surface area contributed by atoms with Crippen LogP contribution in [0.1, 0.15) is 19.3 Å². The average molecular weight is 185 g/mol. The van der Waals surface area contributed by atoms with Gasteiger partial charge in [0.05, 0.1) is 0 Å². The van der Waals surface area contributed by atoms with E-state index < -0.39 is 0 Å². The molecule has 2 atom stereocenters. The van der Waals surface area contributed by atoms with Crippen molar-refractivity contribution < 1.29 is 0 Å². The molecule has 3 fully saturated rings. The molecule has 1 nitrogen and oxygen atoms in total. The summed E-state index contributed by atoms with van der Waals surface area (Å²) in [5.74, 6) is 4.81. The molecule has 12 heavy (non-hydrogen) atoms. The fraction of sp³-hybridized carbons (Fsp3) is 1.00. The molecular formula is C10H19NS. The van der Waals surface area contributed by atoms with E-state index in [4.69, 9.17) is 0 Å². The van der Waals surface area contributed by atoms with Gasteiger partial charge in [-0.1, -0.05) is 6.42 Å². The van der Waals surface area contributed by atoms with Crippen molar-refractivity contribution in [3.05, 3.63) is 0 Å². The third kappa shape index (κ3) is 2.17. The standard InChI is InChI=1S/C10H19NS/c1-11-5-9-3-2-4-10(6-11)8-12-7-9/h9-10H,2-8H2,1H3. The number of hydrogen-bond acceptors (Lipinski definition) is 2. The molecule has 3 aliphatic rings. The second kappa shape index (κ2) is 4.01. The molecule has 0 spiro atoms. The Morgan fingerprint density at radius 3 is 2.25 bits per heavy atom. The Bertz CT molecular complexity index is 125. The molecule has 2 unspecified atom stereocenters. The first-order chi connectivity index (χ1) is 5.84. The normalized spacial score (nSPS) is 38.8. The van der Waals surface area contributed by atoms with Gasteiger partial charge in [0.1, 0.15) is 0 Å². The lowest BCUT2D eigenvalue weighted by Crippen LogP contribution is -2.36. The summed E-state index contributed by atoms with van der Waals surface area (Å²) in [4.78, 5) is 2.55. The van der Waals surface area contributed by atoms with Crippen LogP contribution >= 0.6 is 11.8 Å². The fourth-order valence-electron chi connectivity index (χ4n) is 2.51. The molecule has 3 heterocycles. The van der Waals surface area contributed by atoms with E-state index in [0.29, 0.717) is 0 Å². The number of thioether (sulfide) groups is 1. The largest absolute Gasteiger partial charge is 0.306 e. The molecule has 3 rings (SSSR count). The lowest BCUT2D eigenvalue weighted by molar-refractivity contribution is 0.211. The molecule has 0 saturated carbocycles. The summed E-state index contributed by atoms with van der Waals surface area (Å²) in [5.41, 5.74) is 0. The SMILES string of the molecule is CN1CC2CCCC(CSC2)C1. The smallest absolute Gasteiger partial charge is 0.00146 e. The van der Waals surface area contributed by atoms with Crippen LogP contribution in [0.25, 0.3) is 0 Å². The Balaban J connectivity index is 2.01. The second-order valence-corrected chi connectivity index (χ2v) is 5.50. The molecule has 3 saturated heterocycles. The van der Waals surface area contributed by atoms with Gasteiger partial charge in [0.15, 0.2) is 0 Å². The van der Waals surface area contributed by atoms with Crippen LogP contribution in [-0.2, 0) is 0 Å². The molecule has 0 aromatic heterocycles. The van der Waals surface area contributed by atoms with E-state index in [-0.39, 0.29) is 0 Å². The molecule has 0 aromatic rings. The molecule has 0 aromatic carbocycles. The van der Waals surface area contributed by atoms with Crippen molar-refractivity contribution in [1.82, 2.24) is 4.90 Å². The Morgan fingerprint density at radius 1 is 1.08 bits per heavy atom. The number of fused-ring (bicyclic) bond motifs is 6. The van der Waals surface area contributed by atoms with E-state index in [0.717, 1.165) is 11.8 Å². The van der Waals surface area contributed by atoms with E-state index in [1.165, 1.54) is 43.9 Å². The van der Waals surface area contributed by atoms with Crippen molar-refractivity contribution in [1.29, 1.82) is 0 Å². The summed E-state index contributed by atoms with van der Waals surface area (Å²) < 4.78 is 0. The number of hydrogen-bond donors (Lipinski definition) is 0. The van der Waals surface area contributed by atoms with E-state index in [1.54, 1.807) is 0 Å². The summed E-state index contributed by atoms with van der Waals surface area (Å²) in [6.45, 7) is 2.70. The maximum atomic E-state index is 2.55. The molecule has 2 bridgehead atoms. The zero-order chi connectivity index (χ0) is 8.39. The molecule has 2 heteroatoms. The predicted molar refractivity (Wildman–Crippen MR) is 55.7 cm³/mol. The van der Waals surface area contributed by atoms with Gasteiger partial charge in [-0.05, 0) is 43.2 Å². The molecule has 3 aliphatic heterocycles. The minimum Gasteiger partial charge on any atom is -0.306 e. The third-order valence-corrected chi connectivity index (χ3v) is 4.49. The van der Waals surface area contributed by atoms with E-state index in [1.807, 2.05) is 0 Å². The quantitative estimate of drug-likeness (QED) is 0.568. The van der Waals surface area contributed by atoms with Crippen molar-refractivity contribution >= 4 is 11.8 Å². The lowest BCUT2D eigenvalue weighted by atomic mass is 9.94. The van der Waals surface area contributed by atoms with Crippen molar-refractivity contribution in [2.24, 2.45) is 11.8 Å². The van der Waals surface area contributed by atoms with Crippen LogP contribution in [0.5, 0.6) is 0 Å². The van der Waals surface area contributed by atoms with Crippen LogP contribution in [0.4, 0.5) is 0 Å². The first-order valence-electron chi connectivity index (χ1n) is 5.11. The highest BCUT2D eigenvalue weighted by atomic mass is 32.2. The number of rotatable bonds is 0. The highest BCUT2D eigenvalue weighted by Gasteiger charge is 2.23. The van der Waals surface area contributed by atoms with Gasteiger partial charge in [-0.15, -0.1) is 0 Å². The van der Waals surface area contributed by atoms with Gasteiger partial charge in [0.2, 0.25) is 0 Å². The Kier molecular flexibility index (Phi) is 2.97. The molecule has 0 radical (unpaired) electrons. The average Bonchev–Trinajstić information content (AvgIpc) is 1.91. The lowest BCUT2D eigenvalue weighted by Gasteiger charge is -2.34. The summed E-state index contributed by atoms with van der Waals surface area (Å²) in [7, 11) is 2.29. The summed E-state index contributed by atoms with van der Waals surface area (Å²) in [6.07, 6.45) is 4.45. The molecule has 0 amide bonds. The minimum absolute atomic E-state index is 0.987. The van der Waals surface area contributed by atoms with Crippen LogP contribution < -0.4 is 0 Å². The van der Waals surface area contributed by atoms with E-state index in [2.05, 4.69) is 23.7 Å². The topological polar surface area (TPSA) is 3.24 Å². The van der Waals surface area contributed by atoms with Crippen LogP contribution in [0.15, 0.2) is 0 Å². The zero-order valence-electron chi connectivity index (χ0n) is 7.96. The van der Waals surface area contributed by atoms with Crippen molar-refractivity contribution in [3.63, 3.8) is 0 Å². The Morgan fingerprint density at radius 2 is 1.67 bits per heavy atom. The maximum Gasteiger partial charge on any atom is 0.00146 e. The van der Waals surface area contributed by atoms with Crippen molar-refractivity contribution in [2.45, 2.75) is 19.3 Å².